The standard InChI is InChI=1S/C20H26N4O/c1-13(2)14-7-9-15(10-8-14)16(21)11-23-20(25)19-12-22-17-5-3-4-6-18(17)24-19/h7-10,12-13,16H,3-6,11,21H2,1-2H3,(H,23,25). The van der Waals surface area contributed by atoms with Crippen molar-refractivity contribution in [3.8, 4) is 0 Å². The Hall–Kier alpha value is -2.27. The molecule has 1 aliphatic carbocycles. The van der Waals surface area contributed by atoms with Crippen molar-refractivity contribution >= 4 is 5.91 Å². The topological polar surface area (TPSA) is 80.9 Å². The van der Waals surface area contributed by atoms with E-state index in [9.17, 15) is 4.79 Å². The van der Waals surface area contributed by atoms with Crippen LogP contribution in [0.15, 0.2) is 30.5 Å². The summed E-state index contributed by atoms with van der Waals surface area (Å²) in [6.07, 6.45) is 5.71. The van der Waals surface area contributed by atoms with Gasteiger partial charge in [0, 0.05) is 12.6 Å². The Labute approximate surface area is 149 Å². The van der Waals surface area contributed by atoms with Gasteiger partial charge in [0.25, 0.3) is 5.91 Å². The fraction of sp³-hybridized carbons (Fsp3) is 0.450. The highest BCUT2D eigenvalue weighted by atomic mass is 16.1. The van der Waals surface area contributed by atoms with Crippen molar-refractivity contribution in [2.24, 2.45) is 5.73 Å². The van der Waals surface area contributed by atoms with Gasteiger partial charge in [0.1, 0.15) is 5.69 Å². The zero-order valence-electron chi connectivity index (χ0n) is 15.0. The first-order valence-corrected chi connectivity index (χ1v) is 9.03. The molecule has 3 rings (SSSR count). The van der Waals surface area contributed by atoms with E-state index in [2.05, 4.69) is 41.3 Å². The predicted octanol–water partition coefficient (Wildman–Crippen LogP) is 2.91. The van der Waals surface area contributed by atoms with Gasteiger partial charge in [-0.15, -0.1) is 0 Å². The summed E-state index contributed by atoms with van der Waals surface area (Å²) >= 11 is 0. The summed E-state index contributed by atoms with van der Waals surface area (Å²) in [5.74, 6) is 0.280. The fourth-order valence-electron chi connectivity index (χ4n) is 3.09. The molecule has 25 heavy (non-hydrogen) atoms. The second-order valence-corrected chi connectivity index (χ2v) is 6.99. The van der Waals surface area contributed by atoms with Gasteiger partial charge in [0.05, 0.1) is 17.6 Å². The van der Waals surface area contributed by atoms with Crippen molar-refractivity contribution in [2.75, 3.05) is 6.54 Å². The largest absolute Gasteiger partial charge is 0.349 e. The number of carbonyl (C=O) groups excluding carboxylic acids is 1. The predicted molar refractivity (Wildman–Crippen MR) is 98.5 cm³/mol. The van der Waals surface area contributed by atoms with Gasteiger partial charge in [0.2, 0.25) is 0 Å². The monoisotopic (exact) mass is 338 g/mol. The van der Waals surface area contributed by atoms with Crippen molar-refractivity contribution in [2.45, 2.75) is 51.5 Å². The molecular formula is C20H26N4O. The Balaban J connectivity index is 1.59. The number of carbonyl (C=O) groups is 1. The molecule has 3 N–H and O–H groups in total. The lowest BCUT2D eigenvalue weighted by molar-refractivity contribution is 0.0945. The van der Waals surface area contributed by atoms with Crippen LogP contribution in [0.3, 0.4) is 0 Å². The molecule has 0 fully saturated rings. The smallest absolute Gasteiger partial charge is 0.271 e. The Bertz CT molecular complexity index is 740. The fourth-order valence-corrected chi connectivity index (χ4v) is 3.09. The van der Waals surface area contributed by atoms with E-state index in [-0.39, 0.29) is 11.9 Å². The number of hydrogen-bond acceptors (Lipinski definition) is 4. The Kier molecular flexibility index (Phi) is 5.43. The van der Waals surface area contributed by atoms with Crippen LogP contribution >= 0.6 is 0 Å². The average Bonchev–Trinajstić information content (AvgIpc) is 2.65. The summed E-state index contributed by atoms with van der Waals surface area (Å²) in [7, 11) is 0. The summed E-state index contributed by atoms with van der Waals surface area (Å²) in [5.41, 5.74) is 10.9. The van der Waals surface area contributed by atoms with Crippen LogP contribution in [0.25, 0.3) is 0 Å². The molecule has 5 nitrogen and oxygen atoms in total. The highest BCUT2D eigenvalue weighted by molar-refractivity contribution is 5.92. The third kappa shape index (κ3) is 4.23. The summed E-state index contributed by atoms with van der Waals surface area (Å²) in [5, 5.41) is 2.87. The first-order valence-electron chi connectivity index (χ1n) is 9.03. The average molecular weight is 338 g/mol. The maximum atomic E-state index is 12.3. The van der Waals surface area contributed by atoms with Crippen molar-refractivity contribution in [1.29, 1.82) is 0 Å². The molecule has 0 aliphatic heterocycles. The van der Waals surface area contributed by atoms with Crippen molar-refractivity contribution in [1.82, 2.24) is 15.3 Å². The second-order valence-electron chi connectivity index (χ2n) is 6.99. The number of nitrogens with zero attached hydrogens (tertiary/aromatic N) is 2. The molecule has 0 saturated carbocycles. The molecule has 1 aromatic heterocycles. The number of amides is 1. The molecule has 1 aromatic carbocycles. The van der Waals surface area contributed by atoms with Gasteiger partial charge in [-0.3, -0.25) is 9.78 Å². The Morgan fingerprint density at radius 2 is 1.76 bits per heavy atom. The molecule has 0 bridgehead atoms. The van der Waals surface area contributed by atoms with E-state index >= 15 is 0 Å². The molecule has 5 heteroatoms. The van der Waals surface area contributed by atoms with Crippen LogP contribution in [0, 0.1) is 0 Å². The van der Waals surface area contributed by atoms with E-state index < -0.39 is 0 Å². The summed E-state index contributed by atoms with van der Waals surface area (Å²) in [6.45, 7) is 4.70. The number of nitrogens with two attached hydrogens (primary N) is 1. The molecule has 2 aromatic rings. The minimum atomic E-state index is -0.240. The minimum absolute atomic E-state index is 0.213. The van der Waals surface area contributed by atoms with Crippen molar-refractivity contribution in [3.63, 3.8) is 0 Å². The molecule has 1 unspecified atom stereocenters. The van der Waals surface area contributed by atoms with Crippen LogP contribution in [-0.4, -0.2) is 22.4 Å². The summed E-state index contributed by atoms with van der Waals surface area (Å²) < 4.78 is 0. The van der Waals surface area contributed by atoms with E-state index in [0.29, 0.717) is 18.2 Å². The van der Waals surface area contributed by atoms with Crippen LogP contribution < -0.4 is 11.1 Å². The molecule has 0 radical (unpaired) electrons. The SMILES string of the molecule is CC(C)c1ccc(C(N)CNC(=O)c2cnc3c(n2)CCCC3)cc1. The van der Waals surface area contributed by atoms with E-state index in [1.54, 1.807) is 6.20 Å². The van der Waals surface area contributed by atoms with Crippen molar-refractivity contribution < 1.29 is 4.79 Å². The summed E-state index contributed by atoms with van der Waals surface area (Å²) in [6, 6.07) is 8.01. The van der Waals surface area contributed by atoms with Crippen LogP contribution in [0.2, 0.25) is 0 Å². The first-order chi connectivity index (χ1) is 12.0. The van der Waals surface area contributed by atoms with Gasteiger partial charge < -0.3 is 11.1 Å². The quantitative estimate of drug-likeness (QED) is 0.878. The van der Waals surface area contributed by atoms with Crippen LogP contribution in [0.4, 0.5) is 0 Å². The lowest BCUT2D eigenvalue weighted by atomic mass is 9.99. The highest BCUT2D eigenvalue weighted by Crippen LogP contribution is 2.18. The van der Waals surface area contributed by atoms with Gasteiger partial charge in [-0.25, -0.2) is 4.98 Å². The minimum Gasteiger partial charge on any atom is -0.349 e. The molecule has 1 atom stereocenters. The van der Waals surface area contributed by atoms with Gasteiger partial charge >= 0.3 is 0 Å². The van der Waals surface area contributed by atoms with Crippen molar-refractivity contribution in [3.05, 3.63) is 58.7 Å². The maximum absolute atomic E-state index is 12.3. The third-order valence-electron chi connectivity index (χ3n) is 4.75. The first kappa shape index (κ1) is 17.5. The molecule has 0 spiro atoms. The van der Waals surface area contributed by atoms with E-state index in [1.165, 1.54) is 5.56 Å². The number of aryl methyl sites for hydroxylation is 2. The lowest BCUT2D eigenvalue weighted by Gasteiger charge is -2.16. The molecule has 132 valence electrons. The summed E-state index contributed by atoms with van der Waals surface area (Å²) in [4.78, 5) is 21.2. The van der Waals surface area contributed by atoms with Gasteiger partial charge in [-0.2, -0.15) is 0 Å². The zero-order chi connectivity index (χ0) is 17.8. The molecule has 1 amide bonds. The number of fused-ring (bicyclic) bond motifs is 1. The van der Waals surface area contributed by atoms with Crippen LogP contribution in [0.5, 0.6) is 0 Å². The molecule has 1 aliphatic rings. The molecule has 1 heterocycles. The van der Waals surface area contributed by atoms with Crippen LogP contribution in [0.1, 0.15) is 71.7 Å². The normalized spacial score (nSPS) is 14.9. The third-order valence-corrected chi connectivity index (χ3v) is 4.75. The lowest BCUT2D eigenvalue weighted by Crippen LogP contribution is -2.32. The van der Waals surface area contributed by atoms with E-state index in [1.807, 2.05) is 12.1 Å². The number of nitrogens with one attached hydrogen (secondary N) is 1. The second kappa shape index (κ2) is 7.74. The number of hydrogen-bond donors (Lipinski definition) is 2. The Morgan fingerprint density at radius 1 is 1.12 bits per heavy atom. The van der Waals surface area contributed by atoms with Crippen LogP contribution in [-0.2, 0) is 12.8 Å². The highest BCUT2D eigenvalue weighted by Gasteiger charge is 2.16. The molecular weight excluding hydrogens is 312 g/mol. The number of rotatable bonds is 5. The maximum Gasteiger partial charge on any atom is 0.271 e. The van der Waals surface area contributed by atoms with E-state index in [4.69, 9.17) is 5.73 Å². The van der Waals surface area contributed by atoms with E-state index in [0.717, 1.165) is 42.6 Å². The molecule has 0 saturated heterocycles. The zero-order valence-corrected chi connectivity index (χ0v) is 15.0. The number of benzene rings is 1. The Morgan fingerprint density at radius 3 is 2.44 bits per heavy atom. The number of aromatic nitrogens is 2. The van der Waals surface area contributed by atoms with Gasteiger partial charge in [-0.1, -0.05) is 38.1 Å². The van der Waals surface area contributed by atoms with Gasteiger partial charge in [0.15, 0.2) is 0 Å². The van der Waals surface area contributed by atoms with Gasteiger partial charge in [-0.05, 0) is 42.7 Å².